The van der Waals surface area contributed by atoms with Crippen LogP contribution >= 0.6 is 11.8 Å². The average molecular weight is 490 g/mol. The van der Waals surface area contributed by atoms with Gasteiger partial charge in [0, 0.05) is 23.5 Å². The van der Waals surface area contributed by atoms with Gasteiger partial charge >= 0.3 is 0 Å². The van der Waals surface area contributed by atoms with Crippen LogP contribution in [0.25, 0.3) is 10.8 Å². The Hall–Kier alpha value is -3.32. The fraction of sp³-hybridized carbons (Fsp3) is 0.321. The minimum atomic E-state index is -0.538. The van der Waals surface area contributed by atoms with Crippen LogP contribution in [0, 0.1) is 5.92 Å². The van der Waals surface area contributed by atoms with Crippen LogP contribution in [0.5, 0.6) is 5.75 Å². The summed E-state index contributed by atoms with van der Waals surface area (Å²) in [6.45, 7) is 8.63. The zero-order valence-electron chi connectivity index (χ0n) is 20.5. The summed E-state index contributed by atoms with van der Waals surface area (Å²) in [6.07, 6.45) is 0.0696. The fourth-order valence-corrected chi connectivity index (χ4v) is 5.22. The number of hydrogen-bond donors (Lipinski definition) is 1. The maximum atomic E-state index is 13.5. The molecular weight excluding hydrogens is 458 g/mol. The number of amidine groups is 1. The van der Waals surface area contributed by atoms with Gasteiger partial charge in [-0.05, 0) is 43.4 Å². The number of para-hydroxylation sites is 2. The Balaban J connectivity index is 1.58. The monoisotopic (exact) mass is 489 g/mol. The van der Waals surface area contributed by atoms with Gasteiger partial charge in [-0.25, -0.2) is 4.99 Å². The van der Waals surface area contributed by atoms with Crippen molar-refractivity contribution in [2.75, 3.05) is 11.9 Å². The van der Waals surface area contributed by atoms with E-state index in [2.05, 4.69) is 19.2 Å². The summed E-state index contributed by atoms with van der Waals surface area (Å²) in [6, 6.07) is 21.2. The van der Waals surface area contributed by atoms with Crippen LogP contribution < -0.4 is 10.1 Å². The number of carbonyl (C=O) groups excluding carboxylic acids is 2. The van der Waals surface area contributed by atoms with Crippen molar-refractivity contribution in [3.05, 3.63) is 66.7 Å². The third-order valence-electron chi connectivity index (χ3n) is 6.15. The molecule has 4 rings (SSSR count). The molecule has 0 spiro atoms. The Kier molecular flexibility index (Phi) is 7.76. The fourth-order valence-electron chi connectivity index (χ4n) is 4.00. The van der Waals surface area contributed by atoms with Crippen molar-refractivity contribution >= 4 is 50.9 Å². The first-order chi connectivity index (χ1) is 16.9. The van der Waals surface area contributed by atoms with Crippen LogP contribution in [0.2, 0.25) is 0 Å². The van der Waals surface area contributed by atoms with Gasteiger partial charge in [-0.3, -0.25) is 14.5 Å². The predicted octanol–water partition coefficient (Wildman–Crippen LogP) is 6.24. The third-order valence-corrected chi connectivity index (χ3v) is 7.31. The van der Waals surface area contributed by atoms with E-state index in [1.54, 1.807) is 4.90 Å². The van der Waals surface area contributed by atoms with Gasteiger partial charge < -0.3 is 10.1 Å². The molecule has 1 N–H and O–H groups in total. The third kappa shape index (κ3) is 5.51. The Bertz CT molecular complexity index is 1250. The molecule has 0 aromatic heterocycles. The summed E-state index contributed by atoms with van der Waals surface area (Å²) in [5, 5.41) is 5.09. The number of ether oxygens (including phenoxy) is 1. The molecule has 3 aromatic rings. The maximum absolute atomic E-state index is 13.5. The zero-order chi connectivity index (χ0) is 24.9. The van der Waals surface area contributed by atoms with Crippen molar-refractivity contribution in [2.45, 2.75) is 45.4 Å². The Morgan fingerprint density at radius 1 is 1.06 bits per heavy atom. The number of carbonyl (C=O) groups is 2. The molecule has 2 amide bonds. The number of rotatable bonds is 8. The first-order valence-electron chi connectivity index (χ1n) is 12.0. The molecule has 1 heterocycles. The van der Waals surface area contributed by atoms with Gasteiger partial charge in [-0.2, -0.15) is 0 Å². The number of hydrogen-bond acceptors (Lipinski definition) is 5. The van der Waals surface area contributed by atoms with Crippen molar-refractivity contribution in [3.8, 4) is 5.75 Å². The van der Waals surface area contributed by atoms with E-state index >= 15 is 0 Å². The smallest absolute Gasteiger partial charge is 0.242 e. The first-order valence-corrected chi connectivity index (χ1v) is 12.8. The number of amides is 2. The SMILES string of the molecule is CCOc1ccccc1N=C1SC(CC(=O)Nc2cccc3ccccc23)C(=O)N1C(C)C(C)C. The first kappa shape index (κ1) is 24.8. The number of thioether (sulfide) groups is 1. The van der Waals surface area contributed by atoms with E-state index < -0.39 is 5.25 Å². The number of anilines is 1. The number of benzene rings is 3. The van der Waals surface area contributed by atoms with E-state index in [4.69, 9.17) is 9.73 Å². The molecule has 0 aliphatic carbocycles. The average Bonchev–Trinajstić information content (AvgIpc) is 3.14. The molecule has 7 heteroatoms. The second-order valence-electron chi connectivity index (χ2n) is 8.87. The van der Waals surface area contributed by atoms with Gasteiger partial charge in [0.25, 0.3) is 0 Å². The van der Waals surface area contributed by atoms with Crippen LogP contribution in [0.1, 0.15) is 34.1 Å². The lowest BCUT2D eigenvalue weighted by atomic mass is 10.0. The molecular formula is C28H31N3O3S. The van der Waals surface area contributed by atoms with Crippen molar-refractivity contribution in [2.24, 2.45) is 10.9 Å². The number of nitrogens with zero attached hydrogens (tertiary/aromatic N) is 2. The van der Waals surface area contributed by atoms with Crippen molar-refractivity contribution < 1.29 is 14.3 Å². The van der Waals surface area contributed by atoms with E-state index in [0.717, 1.165) is 16.5 Å². The second kappa shape index (κ2) is 11.0. The van der Waals surface area contributed by atoms with Crippen LogP contribution in [0.3, 0.4) is 0 Å². The van der Waals surface area contributed by atoms with Crippen molar-refractivity contribution in [1.82, 2.24) is 4.90 Å². The molecule has 1 fully saturated rings. The summed E-state index contributed by atoms with van der Waals surface area (Å²) < 4.78 is 5.73. The molecule has 1 aliphatic rings. The Morgan fingerprint density at radius 3 is 2.54 bits per heavy atom. The highest BCUT2D eigenvalue weighted by molar-refractivity contribution is 8.15. The van der Waals surface area contributed by atoms with Crippen molar-refractivity contribution in [3.63, 3.8) is 0 Å². The lowest BCUT2D eigenvalue weighted by Crippen LogP contribution is -2.42. The van der Waals surface area contributed by atoms with Crippen LogP contribution in [-0.4, -0.2) is 39.8 Å². The summed E-state index contributed by atoms with van der Waals surface area (Å²) in [5.74, 6) is 0.622. The maximum Gasteiger partial charge on any atom is 0.242 e. The summed E-state index contributed by atoms with van der Waals surface area (Å²) >= 11 is 1.35. The molecule has 0 saturated carbocycles. The van der Waals surface area contributed by atoms with Gasteiger partial charge in [0.1, 0.15) is 16.7 Å². The van der Waals surface area contributed by atoms with Crippen LogP contribution in [0.4, 0.5) is 11.4 Å². The largest absolute Gasteiger partial charge is 0.492 e. The summed E-state index contributed by atoms with van der Waals surface area (Å²) in [7, 11) is 0. The zero-order valence-corrected chi connectivity index (χ0v) is 21.3. The van der Waals surface area contributed by atoms with Crippen molar-refractivity contribution in [1.29, 1.82) is 0 Å². The summed E-state index contributed by atoms with van der Waals surface area (Å²) in [5.41, 5.74) is 1.42. The topological polar surface area (TPSA) is 71.0 Å². The molecule has 1 aliphatic heterocycles. The molecule has 0 bridgehead atoms. The molecule has 1 saturated heterocycles. The Morgan fingerprint density at radius 2 is 1.77 bits per heavy atom. The molecule has 3 aromatic carbocycles. The van der Waals surface area contributed by atoms with Gasteiger partial charge in [-0.15, -0.1) is 0 Å². The minimum Gasteiger partial charge on any atom is -0.492 e. The predicted molar refractivity (Wildman–Crippen MR) is 144 cm³/mol. The van der Waals surface area contributed by atoms with E-state index in [1.807, 2.05) is 80.6 Å². The molecule has 0 radical (unpaired) electrons. The van der Waals surface area contributed by atoms with E-state index in [0.29, 0.717) is 23.2 Å². The number of aliphatic imine (C=N–C) groups is 1. The molecule has 35 heavy (non-hydrogen) atoms. The highest BCUT2D eigenvalue weighted by atomic mass is 32.2. The van der Waals surface area contributed by atoms with Gasteiger partial charge in [0.15, 0.2) is 5.17 Å². The van der Waals surface area contributed by atoms with Gasteiger partial charge in [-0.1, -0.05) is 74.1 Å². The molecule has 182 valence electrons. The summed E-state index contributed by atoms with van der Waals surface area (Å²) in [4.78, 5) is 33.1. The molecule has 6 nitrogen and oxygen atoms in total. The van der Waals surface area contributed by atoms with Gasteiger partial charge in [0.05, 0.1) is 6.61 Å². The number of nitrogens with one attached hydrogen (secondary N) is 1. The molecule has 2 atom stereocenters. The molecule has 2 unspecified atom stereocenters. The Labute approximate surface area is 210 Å². The quantitative estimate of drug-likeness (QED) is 0.406. The van der Waals surface area contributed by atoms with E-state index in [9.17, 15) is 9.59 Å². The van der Waals surface area contributed by atoms with E-state index in [1.165, 1.54) is 11.8 Å². The van der Waals surface area contributed by atoms with E-state index in [-0.39, 0.29) is 30.2 Å². The highest BCUT2D eigenvalue weighted by Gasteiger charge is 2.42. The van der Waals surface area contributed by atoms with Crippen LogP contribution in [-0.2, 0) is 9.59 Å². The highest BCUT2D eigenvalue weighted by Crippen LogP contribution is 2.37. The van der Waals surface area contributed by atoms with Crippen LogP contribution in [0.15, 0.2) is 71.7 Å². The normalized spacial score (nSPS) is 17.9. The lowest BCUT2D eigenvalue weighted by Gasteiger charge is -2.27. The number of fused-ring (bicyclic) bond motifs is 1. The standard InChI is InChI=1S/C28H31N3O3S/c1-5-34-24-16-9-8-14-23(24)30-28-31(19(4)18(2)3)27(33)25(35-28)17-26(32)29-22-15-10-12-20-11-6-7-13-21(20)22/h6-16,18-19,25H,5,17H2,1-4H3,(H,29,32). The minimum absolute atomic E-state index is 0.0564. The van der Waals surface area contributed by atoms with Gasteiger partial charge in [0.2, 0.25) is 11.8 Å². The second-order valence-corrected chi connectivity index (χ2v) is 10.0. The lowest BCUT2D eigenvalue weighted by molar-refractivity contribution is -0.129.